The van der Waals surface area contributed by atoms with E-state index in [4.69, 9.17) is 4.74 Å². The number of pyridine rings is 1. The molecule has 3 aromatic carbocycles. The van der Waals surface area contributed by atoms with E-state index >= 15 is 0 Å². The van der Waals surface area contributed by atoms with Crippen LogP contribution in [0.3, 0.4) is 0 Å². The molecule has 1 amide bonds. The number of rotatable bonds is 8. The summed E-state index contributed by atoms with van der Waals surface area (Å²) in [6, 6.07) is 24.6. The molecule has 0 spiro atoms. The van der Waals surface area contributed by atoms with E-state index in [1.54, 1.807) is 30.3 Å². The van der Waals surface area contributed by atoms with E-state index in [1.807, 2.05) is 48.5 Å². The second-order valence-electron chi connectivity index (χ2n) is 8.92. The Morgan fingerprint density at radius 3 is 2.13 bits per heavy atom. The number of nitrogens with one attached hydrogen (secondary N) is 1. The lowest BCUT2D eigenvalue weighted by molar-refractivity contribution is -0.385. The highest BCUT2D eigenvalue weighted by Crippen LogP contribution is 2.44. The van der Waals surface area contributed by atoms with Crippen LogP contribution in [0.1, 0.15) is 22.6 Å². The van der Waals surface area contributed by atoms with Crippen LogP contribution >= 0.6 is 0 Å². The van der Waals surface area contributed by atoms with E-state index in [2.05, 4.69) is 10.3 Å². The van der Waals surface area contributed by atoms with Crippen LogP contribution in [0.5, 0.6) is 0 Å². The molecule has 0 saturated heterocycles. The maximum atomic E-state index is 12.6. The lowest BCUT2D eigenvalue weighted by atomic mass is 9.98. The van der Waals surface area contributed by atoms with Crippen LogP contribution in [0.15, 0.2) is 91.1 Å². The SMILES string of the molecule is O=C(NC(Cc1ccc(-c2ccc([N+](=O)[O-])cn2)cc1)C(=O)O)OCC1c2ccccc2-c2ccccc21. The third-order valence-corrected chi connectivity index (χ3v) is 6.58. The van der Waals surface area contributed by atoms with Crippen molar-refractivity contribution >= 4 is 17.7 Å². The Kier molecular flexibility index (Phi) is 6.82. The highest BCUT2D eigenvalue weighted by atomic mass is 16.6. The number of nitrogens with zero attached hydrogens (tertiary/aromatic N) is 2. The quantitative estimate of drug-likeness (QED) is 0.247. The number of nitro groups is 1. The first kappa shape index (κ1) is 24.6. The third kappa shape index (κ3) is 5.08. The zero-order chi connectivity index (χ0) is 26.6. The van der Waals surface area contributed by atoms with Crippen LogP contribution in [0.4, 0.5) is 10.5 Å². The maximum absolute atomic E-state index is 12.6. The predicted octanol–water partition coefficient (Wildman–Crippen LogP) is 5.19. The number of benzene rings is 3. The average molecular weight is 510 g/mol. The minimum Gasteiger partial charge on any atom is -0.480 e. The van der Waals surface area contributed by atoms with Crippen molar-refractivity contribution in [1.29, 1.82) is 0 Å². The molecule has 1 atom stereocenters. The normalized spacial score (nSPS) is 12.7. The molecule has 190 valence electrons. The van der Waals surface area contributed by atoms with Crippen LogP contribution in [0, 0.1) is 10.1 Å². The molecule has 1 aromatic heterocycles. The van der Waals surface area contributed by atoms with Gasteiger partial charge in [0, 0.05) is 24.0 Å². The Labute approximate surface area is 217 Å². The lowest BCUT2D eigenvalue weighted by Gasteiger charge is -2.17. The van der Waals surface area contributed by atoms with Crippen molar-refractivity contribution in [2.45, 2.75) is 18.4 Å². The molecule has 9 heteroatoms. The Bertz CT molecular complexity index is 1460. The van der Waals surface area contributed by atoms with Gasteiger partial charge in [0.1, 0.15) is 18.8 Å². The average Bonchev–Trinajstić information content (AvgIpc) is 3.25. The number of aliphatic carboxylic acids is 1. The van der Waals surface area contributed by atoms with Gasteiger partial charge in [0.25, 0.3) is 5.69 Å². The van der Waals surface area contributed by atoms with Gasteiger partial charge in [0.2, 0.25) is 0 Å². The molecular formula is C29H23N3O6. The molecular weight excluding hydrogens is 486 g/mol. The van der Waals surface area contributed by atoms with Gasteiger partial charge < -0.3 is 15.2 Å². The first-order valence-electron chi connectivity index (χ1n) is 11.9. The highest BCUT2D eigenvalue weighted by Gasteiger charge is 2.29. The Morgan fingerprint density at radius 1 is 0.947 bits per heavy atom. The Morgan fingerprint density at radius 2 is 1.58 bits per heavy atom. The summed E-state index contributed by atoms with van der Waals surface area (Å²) in [7, 11) is 0. The summed E-state index contributed by atoms with van der Waals surface area (Å²) in [5.74, 6) is -1.31. The summed E-state index contributed by atoms with van der Waals surface area (Å²) in [6.07, 6.45) is 0.432. The minimum atomic E-state index is -1.19. The van der Waals surface area contributed by atoms with Crippen LogP contribution in [0.25, 0.3) is 22.4 Å². The second kappa shape index (κ2) is 10.5. The zero-order valence-corrected chi connectivity index (χ0v) is 20.1. The van der Waals surface area contributed by atoms with E-state index in [-0.39, 0.29) is 24.6 Å². The topological polar surface area (TPSA) is 132 Å². The molecule has 0 aliphatic heterocycles. The largest absolute Gasteiger partial charge is 0.480 e. The van der Waals surface area contributed by atoms with Gasteiger partial charge in [-0.05, 0) is 33.9 Å². The smallest absolute Gasteiger partial charge is 0.407 e. The number of carboxylic acid groups (broad SMARTS) is 1. The molecule has 0 bridgehead atoms. The van der Waals surface area contributed by atoms with Crippen molar-refractivity contribution in [3.8, 4) is 22.4 Å². The fourth-order valence-corrected chi connectivity index (χ4v) is 4.69. The van der Waals surface area contributed by atoms with E-state index < -0.39 is 23.0 Å². The number of aromatic nitrogens is 1. The number of hydrogen-bond acceptors (Lipinski definition) is 6. The highest BCUT2D eigenvalue weighted by molar-refractivity contribution is 5.81. The van der Waals surface area contributed by atoms with Gasteiger partial charge in [0.15, 0.2) is 0 Å². The van der Waals surface area contributed by atoms with Crippen molar-refractivity contribution in [3.63, 3.8) is 0 Å². The van der Waals surface area contributed by atoms with Crippen molar-refractivity contribution < 1.29 is 24.4 Å². The number of ether oxygens (including phenoxy) is 1. The molecule has 1 heterocycles. The number of fused-ring (bicyclic) bond motifs is 3. The number of carbonyl (C=O) groups is 2. The fraction of sp³-hybridized carbons (Fsp3) is 0.138. The standard InChI is InChI=1S/C29H23N3O6/c33-28(34)27(15-18-9-11-19(12-10-18)26-14-13-20(16-30-26)32(36)37)31-29(35)38-17-25-23-7-3-1-5-21(23)22-6-2-4-8-24(22)25/h1-14,16,25,27H,15,17H2,(H,31,35)(H,33,34). The monoisotopic (exact) mass is 509 g/mol. The summed E-state index contributed by atoms with van der Waals surface area (Å²) in [5, 5.41) is 23.0. The van der Waals surface area contributed by atoms with Gasteiger partial charge in [-0.25, -0.2) is 14.6 Å². The number of hydrogen-bond donors (Lipinski definition) is 2. The van der Waals surface area contributed by atoms with Crippen LogP contribution in [0.2, 0.25) is 0 Å². The van der Waals surface area contributed by atoms with Gasteiger partial charge in [-0.3, -0.25) is 10.1 Å². The van der Waals surface area contributed by atoms with E-state index in [0.29, 0.717) is 11.3 Å². The van der Waals surface area contributed by atoms with Crippen LogP contribution < -0.4 is 5.32 Å². The molecule has 9 nitrogen and oxygen atoms in total. The molecule has 2 N–H and O–H groups in total. The van der Waals surface area contributed by atoms with Crippen LogP contribution in [-0.4, -0.2) is 39.7 Å². The Balaban J connectivity index is 1.21. The van der Waals surface area contributed by atoms with Gasteiger partial charge in [0.05, 0.1) is 10.6 Å². The molecule has 1 unspecified atom stereocenters. The number of amides is 1. The fourth-order valence-electron chi connectivity index (χ4n) is 4.69. The number of alkyl carbamates (subject to hydrolysis) is 1. The van der Waals surface area contributed by atoms with E-state index in [1.165, 1.54) is 12.3 Å². The lowest BCUT2D eigenvalue weighted by Crippen LogP contribution is -2.42. The predicted molar refractivity (Wildman–Crippen MR) is 140 cm³/mol. The summed E-state index contributed by atoms with van der Waals surface area (Å²) < 4.78 is 5.49. The van der Waals surface area contributed by atoms with E-state index in [0.717, 1.165) is 27.8 Å². The summed E-state index contributed by atoms with van der Waals surface area (Å²) in [4.78, 5) is 38.9. The first-order chi connectivity index (χ1) is 18.4. The molecule has 1 aliphatic rings. The molecule has 4 aromatic rings. The molecule has 5 rings (SSSR count). The third-order valence-electron chi connectivity index (χ3n) is 6.58. The number of carboxylic acids is 1. The van der Waals surface area contributed by atoms with Crippen molar-refractivity contribution in [2.24, 2.45) is 0 Å². The first-order valence-corrected chi connectivity index (χ1v) is 11.9. The van der Waals surface area contributed by atoms with Crippen molar-refractivity contribution in [2.75, 3.05) is 6.61 Å². The number of carbonyl (C=O) groups excluding carboxylic acids is 1. The summed E-state index contributed by atoms with van der Waals surface area (Å²) >= 11 is 0. The van der Waals surface area contributed by atoms with Gasteiger partial charge in [-0.1, -0.05) is 72.8 Å². The van der Waals surface area contributed by atoms with Gasteiger partial charge in [-0.15, -0.1) is 0 Å². The maximum Gasteiger partial charge on any atom is 0.407 e. The molecule has 38 heavy (non-hydrogen) atoms. The second-order valence-corrected chi connectivity index (χ2v) is 8.92. The van der Waals surface area contributed by atoms with Gasteiger partial charge in [-0.2, -0.15) is 0 Å². The Hall–Kier alpha value is -5.05. The van der Waals surface area contributed by atoms with E-state index in [9.17, 15) is 24.8 Å². The van der Waals surface area contributed by atoms with Crippen molar-refractivity contribution in [1.82, 2.24) is 10.3 Å². The molecule has 1 aliphatic carbocycles. The van der Waals surface area contributed by atoms with Crippen LogP contribution in [-0.2, 0) is 16.0 Å². The van der Waals surface area contributed by atoms with Crippen molar-refractivity contribution in [3.05, 3.63) is 118 Å². The molecule has 0 fully saturated rings. The molecule has 0 radical (unpaired) electrons. The summed E-state index contributed by atoms with van der Waals surface area (Å²) in [6.45, 7) is 0.0864. The molecule has 0 saturated carbocycles. The summed E-state index contributed by atoms with van der Waals surface area (Å²) in [5.41, 5.74) is 6.20. The minimum absolute atomic E-state index is 0.0491. The zero-order valence-electron chi connectivity index (χ0n) is 20.1. The van der Waals surface area contributed by atoms with Gasteiger partial charge >= 0.3 is 12.1 Å².